The van der Waals surface area contributed by atoms with E-state index in [0.717, 1.165) is 40.4 Å². The Morgan fingerprint density at radius 2 is 0.650 bits per heavy atom. The summed E-state index contributed by atoms with van der Waals surface area (Å²) in [5.74, 6) is -4.34. The molecule has 4 atom stereocenters. The number of carboxylic acid groups (broad SMARTS) is 1. The standard InChI is InChI=1S/C22H33NO6.C19H26ClNO6.C19H26INO6.C13H17NO4.C9H17BrO2.CH3F.HI.Na/c1-16(2)19(23-21(26)28-15-17-11-7-6-8-12-17)20(25)27-14-10-9-13-18(24)29-22(3,4)5;2*1-14(2)17(18(23)25-11-7-6-10-16(22)27-13-20)21-19(24)26-12-15-8-4-3-5-9-15;1-9(2)11(12(15)16)14-13(17)18-8-10-6-4-3-5-7-10;1-9(2,3)12-8(11)6-4-5-7-10;1-2;;/h6-8,11-12,16,19H,9-10,13-15H2,1-5H3,(H,23,26);2*3-5,8-9,14,17H,6-7,10-13H2,1-2H3,(H,21,24);3-7,9,11H,8H2,1-2H3,(H,14,17)(H,15,16);4-7H2,1-3H3;1H3;1H;/q;;;;;;;+1/p-1/t19-;2*17-;11-;;;;/m0000..../s1/i;;;;;1D;;. The summed E-state index contributed by atoms with van der Waals surface area (Å²) in [6.07, 6.45) is 3.72. The van der Waals surface area contributed by atoms with Gasteiger partial charge in [0.15, 0.2) is 6.07 Å². The summed E-state index contributed by atoms with van der Waals surface area (Å²) in [6, 6.07) is 33.5. The summed E-state index contributed by atoms with van der Waals surface area (Å²) in [6.45, 7) is 26.4. The Morgan fingerprint density at radius 1 is 0.410 bits per heavy atom. The van der Waals surface area contributed by atoms with Crippen LogP contribution in [0.15, 0.2) is 121 Å². The Morgan fingerprint density at radius 3 is 0.872 bits per heavy atom. The maximum atomic E-state index is 12.3. The van der Waals surface area contributed by atoms with E-state index >= 15 is 0 Å². The van der Waals surface area contributed by atoms with Crippen LogP contribution in [0.25, 0.3) is 0 Å². The molecule has 5 N–H and O–H groups in total. The first-order valence-corrected chi connectivity index (χ1v) is 40.9. The van der Waals surface area contributed by atoms with Gasteiger partial charge in [0.25, 0.3) is 0 Å². The molecule has 4 aromatic carbocycles. The number of unbranched alkanes of at least 4 members (excludes halogenated alkanes) is 4. The fraction of sp³-hybridized carbons (Fsp3) is 0.566. The zero-order valence-electron chi connectivity index (χ0n) is 71.2. The van der Waals surface area contributed by atoms with Gasteiger partial charge in [0.2, 0.25) is 0 Å². The Balaban J connectivity index is -0.000000696. The third kappa shape index (κ3) is 65.4. The number of rotatable bonds is 41. The number of aliphatic carboxylic acids is 1. The molecule has 0 aliphatic carbocycles. The molecule has 0 saturated carbocycles. The number of benzene rings is 4. The van der Waals surface area contributed by atoms with E-state index in [1.165, 1.54) is 0 Å². The number of hydrogen-bond donors (Lipinski definition) is 5. The van der Waals surface area contributed by atoms with Gasteiger partial charge < -0.3 is 102 Å². The smallest absolute Gasteiger partial charge is 1.00 e. The number of nitrogens with one attached hydrogen (secondary N) is 4. The average molecular weight is 1970 g/mol. The van der Waals surface area contributed by atoms with E-state index in [1.54, 1.807) is 27.7 Å². The molecule has 4 rings (SSSR count). The monoisotopic (exact) mass is 1970 g/mol. The summed E-state index contributed by atoms with van der Waals surface area (Å²) in [5.41, 5.74) is 2.57. The summed E-state index contributed by atoms with van der Waals surface area (Å²) >= 11 is 10.5. The number of esters is 7. The molecule has 0 unspecified atom stereocenters. The van der Waals surface area contributed by atoms with Crippen LogP contribution in [0, 0.1) is 23.7 Å². The second kappa shape index (κ2) is 70.7. The molecule has 0 aliphatic heterocycles. The minimum absolute atomic E-state index is 0. The molecule has 117 heavy (non-hydrogen) atoms. The SMILES string of the molecule is CC(C)(C)OC(=O)CCCCBr.CC(C)[C@H](NC(=O)OCc1ccccc1)C(=O)O.CC(C)[C@H](NC(=O)OCc1ccccc1)C(=O)OCCCCC(=O)OC(C)(C)C.CC(C)[C@H](NC(=O)OCc1ccccc1)C(=O)OCCCCC(=O)OCCl.CC(C)[C@H](NC(=O)OCc1ccccc1)C(=O)OCCCCC(=O)OCI.[2H]CF.[I-].[Na+]. The summed E-state index contributed by atoms with van der Waals surface area (Å²) < 4.78 is 71.6. The van der Waals surface area contributed by atoms with E-state index in [0.29, 0.717) is 49.6 Å². The van der Waals surface area contributed by atoms with Crippen molar-refractivity contribution in [2.24, 2.45) is 23.7 Å². The number of carbonyl (C=O) groups excluding carboxylic acids is 11. The molecule has 0 radical (unpaired) electrons. The van der Waals surface area contributed by atoms with Gasteiger partial charge in [-0.05, 0) is 161 Å². The van der Waals surface area contributed by atoms with E-state index in [1.807, 2.05) is 213 Å². The molecule has 4 amide bonds. The zero-order valence-corrected chi connectivity index (χ0v) is 78.8. The number of halogens is 5. The van der Waals surface area contributed by atoms with Crippen molar-refractivity contribution in [3.05, 3.63) is 144 Å². The topological polar surface area (TPSA) is 375 Å². The molecular formula is C83H122BrClFI2N4NaO24. The van der Waals surface area contributed by atoms with Gasteiger partial charge >= 0.3 is 102 Å². The summed E-state index contributed by atoms with van der Waals surface area (Å²) in [7, 11) is -1.00. The number of alkyl halides is 4. The normalized spacial score (nSPS) is 11.5. The maximum Gasteiger partial charge on any atom is 1.00 e. The maximum absolute atomic E-state index is 12.3. The first-order chi connectivity index (χ1) is 54.8. The largest absolute Gasteiger partial charge is 1.00 e. The second-order valence-corrected chi connectivity index (χ2v) is 30.1. The number of carbonyl (C=O) groups is 12. The predicted octanol–water partition coefficient (Wildman–Crippen LogP) is 10.5. The molecule has 0 aromatic heterocycles. The van der Waals surface area contributed by atoms with Crippen LogP contribution in [-0.2, 0) is 117 Å². The van der Waals surface area contributed by atoms with E-state index in [-0.39, 0.29) is 178 Å². The molecule has 4 aromatic rings. The minimum Gasteiger partial charge on any atom is -1.00 e. The van der Waals surface area contributed by atoms with Crippen molar-refractivity contribution in [2.45, 2.75) is 236 Å². The van der Waals surface area contributed by atoms with Crippen molar-refractivity contribution in [1.29, 1.82) is 0 Å². The molecule has 0 saturated heterocycles. The quantitative estimate of drug-likeness (QED) is 0.00688. The number of ether oxygens (including phenoxy) is 11. The van der Waals surface area contributed by atoms with Crippen molar-refractivity contribution in [2.75, 3.05) is 43.0 Å². The first kappa shape index (κ1) is 114. The van der Waals surface area contributed by atoms with E-state index in [4.69, 9.17) is 65.4 Å². The summed E-state index contributed by atoms with van der Waals surface area (Å²) in [5, 5.41) is 19.8. The van der Waals surface area contributed by atoms with Crippen LogP contribution in [0.5, 0.6) is 0 Å². The van der Waals surface area contributed by atoms with Crippen LogP contribution in [0.3, 0.4) is 0 Å². The molecule has 0 fully saturated rings. The van der Waals surface area contributed by atoms with Gasteiger partial charge in [0.1, 0.15) is 66.4 Å². The summed E-state index contributed by atoms with van der Waals surface area (Å²) in [4.78, 5) is 140. The van der Waals surface area contributed by atoms with Crippen LogP contribution in [0.2, 0.25) is 0 Å². The van der Waals surface area contributed by atoms with Gasteiger partial charge in [0.05, 0.1) is 28.3 Å². The van der Waals surface area contributed by atoms with Crippen molar-refractivity contribution in [3.8, 4) is 0 Å². The molecule has 28 nitrogen and oxygen atoms in total. The van der Waals surface area contributed by atoms with Gasteiger partial charge in [0, 0.05) is 31.0 Å². The third-order valence-corrected chi connectivity index (χ3v) is 15.7. The van der Waals surface area contributed by atoms with Gasteiger partial charge in [-0.3, -0.25) is 23.6 Å². The fourth-order valence-electron chi connectivity index (χ4n) is 8.89. The Labute approximate surface area is 757 Å². The fourth-order valence-corrected chi connectivity index (χ4v) is 9.76. The third-order valence-electron chi connectivity index (χ3n) is 14.7. The van der Waals surface area contributed by atoms with Gasteiger partial charge in [-0.15, -0.1) is 0 Å². The van der Waals surface area contributed by atoms with Crippen LogP contribution in [0.4, 0.5) is 23.6 Å². The molecule has 654 valence electrons. The Kier molecular flexibility index (Phi) is 68.9. The van der Waals surface area contributed by atoms with E-state index in [9.17, 15) is 61.9 Å². The van der Waals surface area contributed by atoms with Gasteiger partial charge in [-0.1, -0.05) is 204 Å². The number of amides is 4. The van der Waals surface area contributed by atoms with Crippen molar-refractivity contribution in [3.63, 3.8) is 0 Å². The minimum atomic E-state index is -1.07. The Hall–Kier alpha value is -7.12. The molecule has 0 spiro atoms. The molecular weight excluding hydrogens is 1850 g/mol. The number of hydrogen-bond acceptors (Lipinski definition) is 23. The van der Waals surface area contributed by atoms with Crippen molar-refractivity contribution in [1.82, 2.24) is 21.3 Å². The predicted molar refractivity (Wildman–Crippen MR) is 444 cm³/mol. The second-order valence-electron chi connectivity index (χ2n) is 28.5. The molecule has 0 heterocycles. The van der Waals surface area contributed by atoms with Gasteiger partial charge in [-0.25, -0.2) is 38.4 Å². The first-order valence-electron chi connectivity index (χ1n) is 38.4. The number of carboxylic acids is 1. The van der Waals surface area contributed by atoms with E-state index in [2.05, 4.69) is 41.9 Å². The average Bonchev–Trinajstić information content (AvgIpc) is 0.902. The van der Waals surface area contributed by atoms with Crippen LogP contribution in [0.1, 0.15) is 198 Å². The van der Waals surface area contributed by atoms with Crippen molar-refractivity contribution >= 4 is 122 Å². The van der Waals surface area contributed by atoms with Crippen LogP contribution in [-0.4, -0.2) is 156 Å². The molecule has 0 aliphatic rings. The van der Waals surface area contributed by atoms with Gasteiger partial charge in [-0.2, -0.15) is 0 Å². The van der Waals surface area contributed by atoms with E-state index < -0.39 is 85.2 Å². The number of alkyl carbamates (subject to hydrolysis) is 4. The van der Waals surface area contributed by atoms with Crippen molar-refractivity contribution < 1.29 is 174 Å². The molecule has 34 heteroatoms. The van der Waals surface area contributed by atoms with Crippen LogP contribution < -0.4 is 74.8 Å². The van der Waals surface area contributed by atoms with Crippen LogP contribution >= 0.6 is 50.1 Å². The molecule has 0 bridgehead atoms. The zero-order chi connectivity index (χ0) is 87.9. The Bertz CT molecular complexity index is 3310.